The Labute approximate surface area is 130 Å². The Balaban J connectivity index is 2.40. The molecular weight excluding hydrogens is 264 g/mol. The van der Waals surface area contributed by atoms with E-state index in [1.165, 1.54) is 25.7 Å². The topological polar surface area (TPSA) is 50.4 Å². The zero-order valence-corrected chi connectivity index (χ0v) is 14.5. The van der Waals surface area contributed by atoms with Gasteiger partial charge in [-0.3, -0.25) is 0 Å². The fraction of sp³-hybridized carbons (Fsp3) is 0.941. The summed E-state index contributed by atoms with van der Waals surface area (Å²) in [4.78, 5) is 11.8. The van der Waals surface area contributed by atoms with E-state index in [-0.39, 0.29) is 6.09 Å². The maximum absolute atomic E-state index is 11.8. The summed E-state index contributed by atoms with van der Waals surface area (Å²) >= 11 is 0. The Morgan fingerprint density at radius 1 is 1.29 bits per heavy atom. The molecule has 1 saturated carbocycles. The number of alkyl carbamates (subject to hydrolysis) is 1. The van der Waals surface area contributed by atoms with Crippen molar-refractivity contribution in [1.29, 1.82) is 0 Å². The van der Waals surface area contributed by atoms with Crippen molar-refractivity contribution in [2.45, 2.75) is 90.8 Å². The molecule has 21 heavy (non-hydrogen) atoms. The molecular formula is C17H34N2O2. The van der Waals surface area contributed by atoms with Crippen LogP contribution in [0.15, 0.2) is 0 Å². The minimum absolute atomic E-state index is 0.318. The van der Waals surface area contributed by atoms with Crippen molar-refractivity contribution in [3.8, 4) is 0 Å². The summed E-state index contributed by atoms with van der Waals surface area (Å²) in [7, 11) is 0. The first kappa shape index (κ1) is 18.3. The van der Waals surface area contributed by atoms with Crippen LogP contribution in [0.3, 0.4) is 0 Å². The van der Waals surface area contributed by atoms with Crippen LogP contribution in [0.25, 0.3) is 0 Å². The van der Waals surface area contributed by atoms with E-state index in [4.69, 9.17) is 4.74 Å². The zero-order valence-electron chi connectivity index (χ0n) is 14.5. The van der Waals surface area contributed by atoms with Crippen molar-refractivity contribution < 1.29 is 9.53 Å². The van der Waals surface area contributed by atoms with Crippen molar-refractivity contribution in [3.63, 3.8) is 0 Å². The maximum atomic E-state index is 11.8. The first-order chi connectivity index (χ1) is 9.81. The van der Waals surface area contributed by atoms with Crippen LogP contribution in [0.5, 0.6) is 0 Å². The molecule has 3 atom stereocenters. The lowest BCUT2D eigenvalue weighted by molar-refractivity contribution is 0.0519. The Hall–Kier alpha value is -0.770. The van der Waals surface area contributed by atoms with Crippen molar-refractivity contribution in [2.75, 3.05) is 6.54 Å². The molecule has 0 radical (unpaired) electrons. The van der Waals surface area contributed by atoms with Gasteiger partial charge in [0.05, 0.1) is 0 Å². The lowest BCUT2D eigenvalue weighted by atomic mass is 9.85. The number of rotatable bonds is 6. The van der Waals surface area contributed by atoms with Gasteiger partial charge in [0.15, 0.2) is 0 Å². The van der Waals surface area contributed by atoms with Gasteiger partial charge >= 0.3 is 6.09 Å². The van der Waals surface area contributed by atoms with Crippen molar-refractivity contribution >= 4 is 6.09 Å². The molecule has 0 aromatic heterocycles. The Morgan fingerprint density at radius 3 is 2.52 bits per heavy atom. The SMILES string of the molecule is CCCC(CNC(=O)OC(C)(C)C)NC1CCCCC1C. The average Bonchev–Trinajstić information content (AvgIpc) is 2.37. The van der Waals surface area contributed by atoms with E-state index in [9.17, 15) is 4.79 Å². The monoisotopic (exact) mass is 298 g/mol. The summed E-state index contributed by atoms with van der Waals surface area (Å²) in [6.07, 6.45) is 7.13. The number of hydrogen-bond acceptors (Lipinski definition) is 3. The molecule has 2 N–H and O–H groups in total. The van der Waals surface area contributed by atoms with Crippen molar-refractivity contribution in [2.24, 2.45) is 5.92 Å². The highest BCUT2D eigenvalue weighted by Gasteiger charge is 2.24. The van der Waals surface area contributed by atoms with Crippen LogP contribution in [0.1, 0.15) is 73.1 Å². The molecule has 4 nitrogen and oxygen atoms in total. The number of hydrogen-bond donors (Lipinski definition) is 2. The summed E-state index contributed by atoms with van der Waals surface area (Å²) in [5, 5.41) is 6.66. The van der Waals surface area contributed by atoms with E-state index in [0.29, 0.717) is 18.6 Å². The van der Waals surface area contributed by atoms with Crippen LogP contribution in [-0.2, 0) is 4.74 Å². The Kier molecular flexibility index (Phi) is 7.50. The van der Waals surface area contributed by atoms with Crippen molar-refractivity contribution in [3.05, 3.63) is 0 Å². The third-order valence-corrected chi connectivity index (χ3v) is 4.09. The number of amides is 1. The molecule has 1 aliphatic carbocycles. The molecule has 124 valence electrons. The fourth-order valence-electron chi connectivity index (χ4n) is 2.98. The Bertz CT molecular complexity index is 312. The van der Waals surface area contributed by atoms with Crippen molar-refractivity contribution in [1.82, 2.24) is 10.6 Å². The lowest BCUT2D eigenvalue weighted by Gasteiger charge is -2.33. The van der Waals surface area contributed by atoms with Gasteiger partial charge in [0.2, 0.25) is 0 Å². The summed E-state index contributed by atoms with van der Waals surface area (Å²) in [5.74, 6) is 0.736. The highest BCUT2D eigenvalue weighted by atomic mass is 16.6. The molecule has 4 heteroatoms. The quantitative estimate of drug-likeness (QED) is 0.783. The van der Waals surface area contributed by atoms with Gasteiger partial charge in [-0.05, 0) is 46.0 Å². The van der Waals surface area contributed by atoms with Gasteiger partial charge < -0.3 is 15.4 Å². The van der Waals surface area contributed by atoms with Gasteiger partial charge in [-0.1, -0.05) is 33.1 Å². The van der Waals surface area contributed by atoms with E-state index in [0.717, 1.165) is 18.8 Å². The van der Waals surface area contributed by atoms with Gasteiger partial charge in [0, 0.05) is 18.6 Å². The zero-order chi connectivity index (χ0) is 15.9. The molecule has 0 aromatic rings. The van der Waals surface area contributed by atoms with E-state index in [1.807, 2.05) is 20.8 Å². The van der Waals surface area contributed by atoms with Gasteiger partial charge in [0.1, 0.15) is 5.60 Å². The lowest BCUT2D eigenvalue weighted by Crippen LogP contribution is -2.49. The number of ether oxygens (including phenoxy) is 1. The first-order valence-electron chi connectivity index (χ1n) is 8.54. The molecule has 0 aliphatic heterocycles. The second kappa shape index (κ2) is 8.62. The fourth-order valence-corrected chi connectivity index (χ4v) is 2.98. The predicted molar refractivity (Wildman–Crippen MR) is 87.5 cm³/mol. The third kappa shape index (κ3) is 7.70. The number of carbonyl (C=O) groups excluding carboxylic acids is 1. The highest BCUT2D eigenvalue weighted by Crippen LogP contribution is 2.24. The second-order valence-corrected chi connectivity index (χ2v) is 7.40. The predicted octanol–water partition coefficient (Wildman–Crippen LogP) is 3.85. The summed E-state index contributed by atoms with van der Waals surface area (Å²) < 4.78 is 5.30. The standard InChI is InChI=1S/C17H34N2O2/c1-6-9-14(12-18-16(20)21-17(3,4)5)19-15-11-8-7-10-13(15)2/h13-15,19H,6-12H2,1-5H3,(H,18,20). The molecule has 0 saturated heterocycles. The van der Waals surface area contributed by atoms with Crippen LogP contribution in [-0.4, -0.2) is 30.3 Å². The van der Waals surface area contributed by atoms with Crippen LogP contribution < -0.4 is 10.6 Å². The van der Waals surface area contributed by atoms with E-state index < -0.39 is 5.60 Å². The summed E-state index contributed by atoms with van der Waals surface area (Å²) in [6, 6.07) is 0.934. The maximum Gasteiger partial charge on any atom is 0.407 e. The van der Waals surface area contributed by atoms with Crippen LogP contribution >= 0.6 is 0 Å². The second-order valence-electron chi connectivity index (χ2n) is 7.40. The summed E-state index contributed by atoms with van der Waals surface area (Å²) in [6.45, 7) is 10.8. The first-order valence-corrected chi connectivity index (χ1v) is 8.54. The van der Waals surface area contributed by atoms with E-state index in [1.54, 1.807) is 0 Å². The van der Waals surface area contributed by atoms with Crippen LogP contribution in [0, 0.1) is 5.92 Å². The van der Waals surface area contributed by atoms with Gasteiger partial charge in [-0.15, -0.1) is 0 Å². The van der Waals surface area contributed by atoms with Gasteiger partial charge in [-0.2, -0.15) is 0 Å². The average molecular weight is 298 g/mol. The molecule has 1 aliphatic rings. The molecule has 1 amide bonds. The largest absolute Gasteiger partial charge is 0.444 e. The van der Waals surface area contributed by atoms with E-state index >= 15 is 0 Å². The molecule has 3 unspecified atom stereocenters. The molecule has 0 aromatic carbocycles. The van der Waals surface area contributed by atoms with Gasteiger partial charge in [0.25, 0.3) is 0 Å². The van der Waals surface area contributed by atoms with E-state index in [2.05, 4.69) is 24.5 Å². The minimum Gasteiger partial charge on any atom is -0.444 e. The Morgan fingerprint density at radius 2 is 1.95 bits per heavy atom. The normalized spacial score (nSPS) is 24.4. The highest BCUT2D eigenvalue weighted by molar-refractivity contribution is 5.67. The minimum atomic E-state index is -0.435. The summed E-state index contributed by atoms with van der Waals surface area (Å²) in [5.41, 5.74) is -0.435. The van der Waals surface area contributed by atoms with Crippen LogP contribution in [0.4, 0.5) is 4.79 Å². The smallest absolute Gasteiger partial charge is 0.407 e. The number of nitrogens with one attached hydrogen (secondary N) is 2. The molecule has 0 spiro atoms. The molecule has 1 rings (SSSR count). The molecule has 1 fully saturated rings. The third-order valence-electron chi connectivity index (χ3n) is 4.09. The van der Waals surface area contributed by atoms with Gasteiger partial charge in [-0.25, -0.2) is 4.79 Å². The number of carbonyl (C=O) groups is 1. The van der Waals surface area contributed by atoms with Crippen LogP contribution in [0.2, 0.25) is 0 Å². The molecule has 0 bridgehead atoms. The molecule has 0 heterocycles.